The first-order valence-corrected chi connectivity index (χ1v) is 9.30. The summed E-state index contributed by atoms with van der Waals surface area (Å²) in [5.41, 5.74) is 0.849. The number of piperidine rings is 1. The zero-order chi connectivity index (χ0) is 18.9. The average Bonchev–Trinajstić information content (AvgIpc) is 2.84. The molecule has 1 aromatic rings. The number of hydrogen-bond donors (Lipinski definition) is 0. The summed E-state index contributed by atoms with van der Waals surface area (Å²) in [6, 6.07) is 9.60. The van der Waals surface area contributed by atoms with Crippen molar-refractivity contribution in [3.05, 3.63) is 35.4 Å². The molecule has 0 radical (unpaired) electrons. The number of fused-ring (bicyclic) bond motifs is 2. The topological polar surface area (TPSA) is 70.4 Å². The molecule has 2 unspecified atom stereocenters. The highest BCUT2D eigenvalue weighted by atomic mass is 16.6. The van der Waals surface area contributed by atoms with Crippen molar-refractivity contribution in [2.45, 2.75) is 70.6 Å². The Labute approximate surface area is 154 Å². The van der Waals surface area contributed by atoms with Crippen LogP contribution in [0.15, 0.2) is 24.3 Å². The van der Waals surface area contributed by atoms with E-state index in [-0.39, 0.29) is 29.9 Å². The van der Waals surface area contributed by atoms with Crippen molar-refractivity contribution in [2.75, 3.05) is 0 Å². The normalized spacial score (nSPS) is 24.8. The number of rotatable bonds is 3. The third-order valence-electron chi connectivity index (χ3n) is 5.30. The highest BCUT2D eigenvalue weighted by Crippen LogP contribution is 2.40. The fourth-order valence-electron chi connectivity index (χ4n) is 4.17. The van der Waals surface area contributed by atoms with Crippen molar-refractivity contribution in [2.24, 2.45) is 5.92 Å². The lowest BCUT2D eigenvalue weighted by Crippen LogP contribution is -2.49. The van der Waals surface area contributed by atoms with Gasteiger partial charge >= 0.3 is 6.09 Å². The Bertz CT molecular complexity index is 730. The number of carbonyl (C=O) groups excluding carboxylic acids is 2. The van der Waals surface area contributed by atoms with Crippen LogP contribution in [-0.2, 0) is 16.0 Å². The maximum Gasteiger partial charge on any atom is 0.410 e. The lowest BCUT2D eigenvalue weighted by Gasteiger charge is -2.39. The van der Waals surface area contributed by atoms with Gasteiger partial charge in [0.05, 0.1) is 11.6 Å². The van der Waals surface area contributed by atoms with Crippen LogP contribution in [0.1, 0.15) is 57.6 Å². The summed E-state index contributed by atoms with van der Waals surface area (Å²) in [6.07, 6.45) is 3.29. The van der Waals surface area contributed by atoms with E-state index in [0.29, 0.717) is 24.8 Å². The van der Waals surface area contributed by atoms with Gasteiger partial charge in [-0.15, -0.1) is 0 Å². The van der Waals surface area contributed by atoms with E-state index in [2.05, 4.69) is 6.07 Å². The number of carbonyl (C=O) groups is 2. The van der Waals surface area contributed by atoms with Crippen molar-refractivity contribution in [1.82, 2.24) is 4.90 Å². The van der Waals surface area contributed by atoms with Gasteiger partial charge in [0.25, 0.3) is 0 Å². The predicted octanol–water partition coefficient (Wildman–Crippen LogP) is 3.85. The number of nitriles is 1. The van der Waals surface area contributed by atoms with Crippen LogP contribution in [0, 0.1) is 17.2 Å². The van der Waals surface area contributed by atoms with Crippen LogP contribution in [0.3, 0.4) is 0 Å². The van der Waals surface area contributed by atoms with E-state index in [1.165, 1.54) is 0 Å². The molecule has 2 fully saturated rings. The molecule has 3 rings (SSSR count). The summed E-state index contributed by atoms with van der Waals surface area (Å²) >= 11 is 0. The number of ether oxygens (including phenoxy) is 1. The molecule has 0 spiro atoms. The second-order valence-corrected chi connectivity index (χ2v) is 8.35. The molecule has 5 heteroatoms. The summed E-state index contributed by atoms with van der Waals surface area (Å²) in [4.78, 5) is 27.2. The predicted molar refractivity (Wildman–Crippen MR) is 97.5 cm³/mol. The van der Waals surface area contributed by atoms with Crippen molar-refractivity contribution >= 4 is 11.9 Å². The Morgan fingerprint density at radius 3 is 2.38 bits per heavy atom. The monoisotopic (exact) mass is 354 g/mol. The molecule has 0 aromatic heterocycles. The van der Waals surface area contributed by atoms with E-state index < -0.39 is 5.60 Å². The smallest absolute Gasteiger partial charge is 0.410 e. The maximum atomic E-state index is 12.8. The molecule has 2 atom stereocenters. The van der Waals surface area contributed by atoms with Gasteiger partial charge in [-0.2, -0.15) is 5.26 Å². The van der Waals surface area contributed by atoms with Crippen molar-refractivity contribution < 1.29 is 14.3 Å². The lowest BCUT2D eigenvalue weighted by molar-refractivity contribution is -0.124. The molecule has 26 heavy (non-hydrogen) atoms. The number of ketones is 1. The SMILES string of the molecule is CC(C)(C)OC(=O)N1C2CCC1CC(C(=O)Cc1ccccc1C#N)C2. The molecule has 0 N–H and O–H groups in total. The summed E-state index contributed by atoms with van der Waals surface area (Å²) in [6.45, 7) is 5.61. The number of nitrogens with zero attached hydrogens (tertiary/aromatic N) is 2. The number of hydrogen-bond acceptors (Lipinski definition) is 4. The Hall–Kier alpha value is -2.35. The molecular weight excluding hydrogens is 328 g/mol. The molecular formula is C21H26N2O3. The fourth-order valence-corrected chi connectivity index (χ4v) is 4.17. The van der Waals surface area contributed by atoms with Gasteiger partial charge in [-0.05, 0) is 58.1 Å². The molecule has 0 aliphatic carbocycles. The summed E-state index contributed by atoms with van der Waals surface area (Å²) in [5, 5.41) is 9.21. The molecule has 2 saturated heterocycles. The Morgan fingerprint density at radius 2 is 1.81 bits per heavy atom. The number of amides is 1. The van der Waals surface area contributed by atoms with Crippen LogP contribution in [0.5, 0.6) is 0 Å². The molecule has 2 heterocycles. The third kappa shape index (κ3) is 3.90. The molecule has 0 saturated carbocycles. The molecule has 5 nitrogen and oxygen atoms in total. The summed E-state index contributed by atoms with van der Waals surface area (Å²) in [7, 11) is 0. The van der Waals surface area contributed by atoms with Crippen molar-refractivity contribution in [1.29, 1.82) is 5.26 Å². The highest BCUT2D eigenvalue weighted by molar-refractivity contribution is 5.84. The molecule has 2 aliphatic rings. The minimum atomic E-state index is -0.510. The van der Waals surface area contributed by atoms with Crippen LogP contribution < -0.4 is 0 Å². The first-order valence-electron chi connectivity index (χ1n) is 9.30. The quantitative estimate of drug-likeness (QED) is 0.827. The van der Waals surface area contributed by atoms with Crippen LogP contribution in [-0.4, -0.2) is 34.5 Å². The maximum absolute atomic E-state index is 12.8. The zero-order valence-corrected chi connectivity index (χ0v) is 15.7. The van der Waals surface area contributed by atoms with Gasteiger partial charge in [-0.25, -0.2) is 4.79 Å². The van der Waals surface area contributed by atoms with Gasteiger partial charge in [-0.3, -0.25) is 4.79 Å². The second-order valence-electron chi connectivity index (χ2n) is 8.35. The minimum Gasteiger partial charge on any atom is -0.444 e. The van der Waals surface area contributed by atoms with Crippen molar-refractivity contribution in [3.8, 4) is 6.07 Å². The van der Waals surface area contributed by atoms with E-state index in [0.717, 1.165) is 18.4 Å². The van der Waals surface area contributed by atoms with Gasteiger partial charge in [-0.1, -0.05) is 18.2 Å². The van der Waals surface area contributed by atoms with Crippen LogP contribution in [0.4, 0.5) is 4.79 Å². The first-order chi connectivity index (χ1) is 12.3. The van der Waals surface area contributed by atoms with E-state index in [1.54, 1.807) is 6.07 Å². The molecule has 2 aliphatic heterocycles. The Morgan fingerprint density at radius 1 is 1.19 bits per heavy atom. The lowest BCUT2D eigenvalue weighted by atomic mass is 9.85. The fraction of sp³-hybridized carbons (Fsp3) is 0.571. The summed E-state index contributed by atoms with van der Waals surface area (Å²) in [5.74, 6) is 0.131. The highest BCUT2D eigenvalue weighted by Gasteiger charge is 2.46. The van der Waals surface area contributed by atoms with E-state index in [1.807, 2.05) is 43.9 Å². The molecule has 2 bridgehead atoms. The molecule has 1 aromatic carbocycles. The third-order valence-corrected chi connectivity index (χ3v) is 5.30. The second kappa shape index (κ2) is 7.11. The van der Waals surface area contributed by atoms with E-state index >= 15 is 0 Å². The van der Waals surface area contributed by atoms with Gasteiger partial charge < -0.3 is 9.64 Å². The first kappa shape index (κ1) is 18.4. The largest absolute Gasteiger partial charge is 0.444 e. The van der Waals surface area contributed by atoms with Crippen LogP contribution in [0.25, 0.3) is 0 Å². The minimum absolute atomic E-state index is 0.0436. The van der Waals surface area contributed by atoms with Crippen LogP contribution >= 0.6 is 0 Å². The van der Waals surface area contributed by atoms with Gasteiger partial charge in [0.1, 0.15) is 11.4 Å². The molecule has 138 valence electrons. The Balaban J connectivity index is 1.66. The van der Waals surface area contributed by atoms with Gasteiger partial charge in [0, 0.05) is 24.4 Å². The van der Waals surface area contributed by atoms with Crippen LogP contribution in [0.2, 0.25) is 0 Å². The van der Waals surface area contributed by atoms with Gasteiger partial charge in [0.2, 0.25) is 0 Å². The van der Waals surface area contributed by atoms with Crippen molar-refractivity contribution in [3.63, 3.8) is 0 Å². The average molecular weight is 354 g/mol. The van der Waals surface area contributed by atoms with E-state index in [4.69, 9.17) is 4.74 Å². The zero-order valence-electron chi connectivity index (χ0n) is 15.7. The van der Waals surface area contributed by atoms with E-state index in [9.17, 15) is 14.9 Å². The standard InChI is InChI=1S/C21H26N2O3/c1-21(2,3)26-20(25)23-17-8-9-18(23)11-16(10-17)19(24)12-14-6-4-5-7-15(14)13-22/h4-7,16-18H,8-12H2,1-3H3. The van der Waals surface area contributed by atoms with Gasteiger partial charge in [0.15, 0.2) is 0 Å². The Kier molecular flexibility index (Phi) is 5.04. The molecule has 1 amide bonds. The number of benzene rings is 1. The summed E-state index contributed by atoms with van der Waals surface area (Å²) < 4.78 is 5.55. The number of Topliss-reactive ketones (excluding diaryl/α,β-unsaturated/α-hetero) is 1.